The summed E-state index contributed by atoms with van der Waals surface area (Å²) in [6, 6.07) is 3.78. The maximum absolute atomic E-state index is 12.6. The molecule has 118 valence electrons. The van der Waals surface area contributed by atoms with E-state index in [2.05, 4.69) is 4.72 Å². The summed E-state index contributed by atoms with van der Waals surface area (Å²) in [5.41, 5.74) is 2.32. The van der Waals surface area contributed by atoms with Gasteiger partial charge in [0, 0.05) is 18.6 Å². The van der Waals surface area contributed by atoms with Crippen LogP contribution in [0.25, 0.3) is 0 Å². The lowest BCUT2D eigenvalue weighted by atomic mass is 9.88. The highest BCUT2D eigenvalue weighted by Gasteiger charge is 2.34. The fraction of sp³-hybridized carbons (Fsp3) is 0.625. The van der Waals surface area contributed by atoms with Crippen molar-refractivity contribution in [3.8, 4) is 0 Å². The molecule has 1 saturated carbocycles. The molecule has 0 spiro atoms. The molecule has 21 heavy (non-hydrogen) atoms. The van der Waals surface area contributed by atoms with Crippen LogP contribution in [0, 0.1) is 26.2 Å². The lowest BCUT2D eigenvalue weighted by Crippen LogP contribution is -2.38. The first kappa shape index (κ1) is 16.5. The molecule has 1 aromatic rings. The van der Waals surface area contributed by atoms with E-state index in [1.807, 2.05) is 32.9 Å². The third-order valence-corrected chi connectivity index (χ3v) is 6.22. The van der Waals surface area contributed by atoms with E-state index < -0.39 is 10.0 Å². The molecule has 2 rings (SSSR count). The predicted molar refractivity (Wildman–Crippen MR) is 83.8 cm³/mol. The highest BCUT2D eigenvalue weighted by molar-refractivity contribution is 7.89. The van der Waals surface area contributed by atoms with Crippen molar-refractivity contribution < 1.29 is 13.5 Å². The molecular formula is C16H25NO3S. The number of aryl methyl sites for hydroxylation is 3. The van der Waals surface area contributed by atoms with E-state index in [-0.39, 0.29) is 12.0 Å². The van der Waals surface area contributed by atoms with Gasteiger partial charge in [-0.25, -0.2) is 13.1 Å². The Morgan fingerprint density at radius 3 is 2.14 bits per heavy atom. The van der Waals surface area contributed by atoms with Crippen molar-refractivity contribution >= 4 is 10.0 Å². The van der Waals surface area contributed by atoms with Crippen molar-refractivity contribution in [2.75, 3.05) is 13.2 Å². The molecular weight excluding hydrogens is 286 g/mol. The third kappa shape index (κ3) is 3.47. The van der Waals surface area contributed by atoms with Crippen molar-refractivity contribution in [2.45, 2.75) is 51.3 Å². The minimum atomic E-state index is -3.54. The number of benzene rings is 1. The zero-order chi connectivity index (χ0) is 15.7. The van der Waals surface area contributed by atoms with E-state index in [0.717, 1.165) is 42.4 Å². The van der Waals surface area contributed by atoms with Crippen LogP contribution < -0.4 is 4.72 Å². The molecule has 1 aliphatic carbocycles. The molecule has 4 nitrogen and oxygen atoms in total. The first-order chi connectivity index (χ1) is 9.80. The second-order valence-corrected chi connectivity index (χ2v) is 8.12. The van der Waals surface area contributed by atoms with E-state index in [1.165, 1.54) is 0 Å². The number of aliphatic hydroxyl groups is 1. The fourth-order valence-electron chi connectivity index (χ4n) is 3.43. The van der Waals surface area contributed by atoms with E-state index in [4.69, 9.17) is 0 Å². The molecule has 1 aromatic carbocycles. The average Bonchev–Trinajstić information content (AvgIpc) is 2.84. The van der Waals surface area contributed by atoms with Gasteiger partial charge in [0.05, 0.1) is 4.90 Å². The fourth-order valence-corrected chi connectivity index (χ4v) is 5.03. The zero-order valence-electron chi connectivity index (χ0n) is 13.1. The summed E-state index contributed by atoms with van der Waals surface area (Å²) in [7, 11) is -3.54. The second kappa shape index (κ2) is 6.07. The minimum absolute atomic E-state index is 0.0430. The van der Waals surface area contributed by atoms with Crippen molar-refractivity contribution in [2.24, 2.45) is 5.41 Å². The molecule has 0 aromatic heterocycles. The standard InChI is InChI=1S/C16H25NO3S/c1-12-8-13(2)15(14(3)9-12)21(19,20)17-10-16(11-18)6-4-5-7-16/h8-9,17-18H,4-7,10-11H2,1-3H3. The van der Waals surface area contributed by atoms with Crippen LogP contribution in [-0.4, -0.2) is 26.7 Å². The summed E-state index contributed by atoms with van der Waals surface area (Å²) >= 11 is 0. The van der Waals surface area contributed by atoms with Crippen LogP contribution >= 0.6 is 0 Å². The van der Waals surface area contributed by atoms with Gasteiger partial charge in [0.2, 0.25) is 10.0 Å². The van der Waals surface area contributed by atoms with Crippen molar-refractivity contribution in [3.63, 3.8) is 0 Å². The molecule has 1 fully saturated rings. The van der Waals surface area contributed by atoms with E-state index in [1.54, 1.807) is 0 Å². The minimum Gasteiger partial charge on any atom is -0.396 e. The Hall–Kier alpha value is -0.910. The summed E-state index contributed by atoms with van der Waals surface area (Å²) in [4.78, 5) is 0.374. The van der Waals surface area contributed by atoms with Gasteiger partial charge in [-0.2, -0.15) is 0 Å². The highest BCUT2D eigenvalue weighted by atomic mass is 32.2. The second-order valence-electron chi connectivity index (χ2n) is 6.42. The molecule has 0 radical (unpaired) electrons. The Bertz CT molecular complexity index is 593. The monoisotopic (exact) mass is 311 g/mol. The Labute approximate surface area is 127 Å². The Kier molecular flexibility index (Phi) is 4.76. The predicted octanol–water partition coefficient (Wildman–Crippen LogP) is 2.44. The Morgan fingerprint density at radius 2 is 1.67 bits per heavy atom. The molecule has 0 bridgehead atoms. The van der Waals surface area contributed by atoms with Gasteiger partial charge in [0.25, 0.3) is 0 Å². The van der Waals surface area contributed by atoms with Crippen LogP contribution in [0.15, 0.2) is 17.0 Å². The molecule has 0 amide bonds. The quantitative estimate of drug-likeness (QED) is 0.878. The van der Waals surface area contributed by atoms with Gasteiger partial charge in [-0.1, -0.05) is 30.5 Å². The lowest BCUT2D eigenvalue weighted by Gasteiger charge is -2.27. The number of hydrogen-bond donors (Lipinski definition) is 2. The molecule has 0 atom stereocenters. The summed E-state index contributed by atoms with van der Waals surface area (Å²) in [6.07, 6.45) is 3.89. The summed E-state index contributed by atoms with van der Waals surface area (Å²) in [5, 5.41) is 9.59. The Morgan fingerprint density at radius 1 is 1.14 bits per heavy atom. The number of rotatable bonds is 5. The molecule has 2 N–H and O–H groups in total. The average molecular weight is 311 g/mol. The number of sulfonamides is 1. The summed E-state index contributed by atoms with van der Waals surface area (Å²) in [6.45, 7) is 5.97. The smallest absolute Gasteiger partial charge is 0.241 e. The van der Waals surface area contributed by atoms with Gasteiger partial charge in [0.1, 0.15) is 0 Å². The van der Waals surface area contributed by atoms with Gasteiger partial charge in [-0.05, 0) is 44.7 Å². The van der Waals surface area contributed by atoms with Crippen molar-refractivity contribution in [1.82, 2.24) is 4.72 Å². The molecule has 5 heteroatoms. The number of hydrogen-bond acceptors (Lipinski definition) is 3. The first-order valence-electron chi connectivity index (χ1n) is 7.48. The lowest BCUT2D eigenvalue weighted by molar-refractivity contribution is 0.134. The van der Waals surface area contributed by atoms with Crippen LogP contribution in [-0.2, 0) is 10.0 Å². The van der Waals surface area contributed by atoms with Crippen LogP contribution in [0.3, 0.4) is 0 Å². The maximum Gasteiger partial charge on any atom is 0.241 e. The SMILES string of the molecule is Cc1cc(C)c(S(=O)(=O)NCC2(CO)CCCC2)c(C)c1. The van der Waals surface area contributed by atoms with Gasteiger partial charge < -0.3 is 5.11 Å². The molecule has 0 aliphatic heterocycles. The number of nitrogens with one attached hydrogen (secondary N) is 1. The molecule has 0 unspecified atom stereocenters. The van der Waals surface area contributed by atoms with E-state index >= 15 is 0 Å². The van der Waals surface area contributed by atoms with Gasteiger partial charge in [-0.15, -0.1) is 0 Å². The Balaban J connectivity index is 2.23. The van der Waals surface area contributed by atoms with Gasteiger partial charge in [-0.3, -0.25) is 0 Å². The van der Waals surface area contributed by atoms with Crippen LogP contribution in [0.1, 0.15) is 42.4 Å². The van der Waals surface area contributed by atoms with Gasteiger partial charge in [0.15, 0.2) is 0 Å². The van der Waals surface area contributed by atoms with E-state index in [0.29, 0.717) is 11.4 Å². The van der Waals surface area contributed by atoms with Gasteiger partial charge >= 0.3 is 0 Å². The topological polar surface area (TPSA) is 66.4 Å². The largest absolute Gasteiger partial charge is 0.396 e. The van der Waals surface area contributed by atoms with Crippen molar-refractivity contribution in [1.29, 1.82) is 0 Å². The molecule has 0 saturated heterocycles. The first-order valence-corrected chi connectivity index (χ1v) is 8.96. The van der Waals surface area contributed by atoms with Crippen LogP contribution in [0.5, 0.6) is 0 Å². The van der Waals surface area contributed by atoms with E-state index in [9.17, 15) is 13.5 Å². The molecule has 0 heterocycles. The van der Waals surface area contributed by atoms with Crippen LogP contribution in [0.4, 0.5) is 0 Å². The zero-order valence-corrected chi connectivity index (χ0v) is 13.9. The number of aliphatic hydroxyl groups excluding tert-OH is 1. The summed E-state index contributed by atoms with van der Waals surface area (Å²) in [5.74, 6) is 0. The van der Waals surface area contributed by atoms with Crippen LogP contribution in [0.2, 0.25) is 0 Å². The highest BCUT2D eigenvalue weighted by Crippen LogP contribution is 2.37. The molecule has 1 aliphatic rings. The maximum atomic E-state index is 12.6. The third-order valence-electron chi connectivity index (χ3n) is 4.51. The summed E-state index contributed by atoms with van der Waals surface area (Å²) < 4.78 is 27.9. The van der Waals surface area contributed by atoms with Crippen molar-refractivity contribution in [3.05, 3.63) is 28.8 Å². The normalized spacial score (nSPS) is 18.1.